The van der Waals surface area contributed by atoms with Gasteiger partial charge >= 0.3 is 0 Å². The first-order valence-electron chi connectivity index (χ1n) is 8.19. The minimum Gasteiger partial charge on any atom is -0.508 e. The first-order chi connectivity index (χ1) is 10.3. The van der Waals surface area contributed by atoms with Gasteiger partial charge in [0.25, 0.3) is 0 Å². The molecular formula is C17H27BrCl2N2O. The van der Waals surface area contributed by atoms with Crippen molar-refractivity contribution in [3.63, 3.8) is 0 Å². The van der Waals surface area contributed by atoms with Crippen molar-refractivity contribution < 1.29 is 5.11 Å². The number of rotatable bonds is 3. The summed E-state index contributed by atoms with van der Waals surface area (Å²) in [6.07, 6.45) is 6.63. The Balaban J connectivity index is 0.00000132. The third-order valence-electron chi connectivity index (χ3n) is 4.95. The number of phenolic OH excluding ortho intramolecular Hbond substituents is 1. The lowest BCUT2D eigenvalue weighted by molar-refractivity contribution is 0.101. The van der Waals surface area contributed by atoms with E-state index in [4.69, 9.17) is 0 Å². The van der Waals surface area contributed by atoms with E-state index < -0.39 is 0 Å². The number of nitrogens with one attached hydrogen (secondary N) is 1. The van der Waals surface area contributed by atoms with Crippen molar-refractivity contribution in [2.45, 2.75) is 38.1 Å². The van der Waals surface area contributed by atoms with E-state index in [2.05, 4.69) is 32.2 Å². The van der Waals surface area contributed by atoms with E-state index in [1.165, 1.54) is 32.1 Å². The third-order valence-corrected chi connectivity index (χ3v) is 5.44. The van der Waals surface area contributed by atoms with Crippen molar-refractivity contribution in [3.8, 4) is 5.75 Å². The topological polar surface area (TPSA) is 35.5 Å². The van der Waals surface area contributed by atoms with E-state index in [-0.39, 0.29) is 24.8 Å². The van der Waals surface area contributed by atoms with Crippen LogP contribution in [0.2, 0.25) is 0 Å². The van der Waals surface area contributed by atoms with Crippen molar-refractivity contribution in [2.24, 2.45) is 5.92 Å². The zero-order valence-corrected chi connectivity index (χ0v) is 16.6. The number of phenols is 1. The van der Waals surface area contributed by atoms with Crippen LogP contribution in [0.4, 0.5) is 0 Å². The second-order valence-corrected chi connectivity index (χ2v) is 7.25. The lowest BCUT2D eigenvalue weighted by Gasteiger charge is -2.41. The number of halogens is 3. The highest BCUT2D eigenvalue weighted by Crippen LogP contribution is 2.42. The second kappa shape index (κ2) is 10.1. The van der Waals surface area contributed by atoms with Crippen molar-refractivity contribution >= 4 is 40.7 Å². The molecule has 23 heavy (non-hydrogen) atoms. The molecule has 1 atom stereocenters. The Morgan fingerprint density at radius 3 is 2.39 bits per heavy atom. The third kappa shape index (κ3) is 5.23. The summed E-state index contributed by atoms with van der Waals surface area (Å²) in [5.41, 5.74) is 1.11. The van der Waals surface area contributed by atoms with Crippen molar-refractivity contribution in [1.29, 1.82) is 0 Å². The number of hydrogen-bond acceptors (Lipinski definition) is 3. The lowest BCUT2D eigenvalue weighted by atomic mass is 9.80. The van der Waals surface area contributed by atoms with Crippen LogP contribution in [0, 0.1) is 5.92 Å². The van der Waals surface area contributed by atoms with Crippen molar-refractivity contribution in [2.75, 3.05) is 26.2 Å². The summed E-state index contributed by atoms with van der Waals surface area (Å²) >= 11 is 3.57. The Labute approximate surface area is 160 Å². The monoisotopic (exact) mass is 424 g/mol. The van der Waals surface area contributed by atoms with Gasteiger partial charge in [-0.25, -0.2) is 0 Å². The van der Waals surface area contributed by atoms with Gasteiger partial charge in [-0.1, -0.05) is 35.2 Å². The SMILES string of the molecule is Cl.Cl.Oc1ccc(Br)cc1[C@H](C1CCCCC1)N1CCNCC1. The fraction of sp³-hybridized carbons (Fsp3) is 0.647. The zero-order chi connectivity index (χ0) is 14.7. The highest BCUT2D eigenvalue weighted by molar-refractivity contribution is 9.10. The fourth-order valence-electron chi connectivity index (χ4n) is 3.92. The molecule has 1 aromatic carbocycles. The smallest absolute Gasteiger partial charge is 0.120 e. The molecule has 0 unspecified atom stereocenters. The van der Waals surface area contributed by atoms with Gasteiger partial charge in [0, 0.05) is 42.3 Å². The Morgan fingerprint density at radius 2 is 1.74 bits per heavy atom. The van der Waals surface area contributed by atoms with Gasteiger partial charge < -0.3 is 10.4 Å². The molecule has 6 heteroatoms. The van der Waals surface area contributed by atoms with Crippen LogP contribution in [0.15, 0.2) is 22.7 Å². The van der Waals surface area contributed by atoms with E-state index in [9.17, 15) is 5.11 Å². The van der Waals surface area contributed by atoms with Crippen LogP contribution >= 0.6 is 40.7 Å². The molecule has 0 bridgehead atoms. The molecule has 1 aliphatic heterocycles. The van der Waals surface area contributed by atoms with Crippen LogP contribution < -0.4 is 5.32 Å². The summed E-state index contributed by atoms with van der Waals surface area (Å²) in [6.45, 7) is 4.26. The largest absolute Gasteiger partial charge is 0.508 e. The van der Waals surface area contributed by atoms with Gasteiger partial charge in [-0.2, -0.15) is 0 Å². The molecule has 2 N–H and O–H groups in total. The Hall–Kier alpha value is -0.0000000000000000971. The average Bonchev–Trinajstić information content (AvgIpc) is 2.53. The molecule has 0 radical (unpaired) electrons. The number of piperazine rings is 1. The maximum Gasteiger partial charge on any atom is 0.120 e. The van der Waals surface area contributed by atoms with Gasteiger partial charge in [0.2, 0.25) is 0 Å². The highest BCUT2D eigenvalue weighted by atomic mass is 79.9. The molecule has 0 spiro atoms. The van der Waals surface area contributed by atoms with E-state index >= 15 is 0 Å². The molecule has 1 aliphatic carbocycles. The molecule has 1 saturated heterocycles. The summed E-state index contributed by atoms with van der Waals surface area (Å²) < 4.78 is 1.06. The summed E-state index contributed by atoms with van der Waals surface area (Å²) in [5, 5.41) is 13.8. The molecule has 132 valence electrons. The van der Waals surface area contributed by atoms with Crippen molar-refractivity contribution in [3.05, 3.63) is 28.2 Å². The summed E-state index contributed by atoms with van der Waals surface area (Å²) in [6, 6.07) is 6.24. The van der Waals surface area contributed by atoms with Gasteiger partial charge in [0.15, 0.2) is 0 Å². The van der Waals surface area contributed by atoms with Gasteiger partial charge in [-0.3, -0.25) is 4.90 Å². The predicted molar refractivity (Wildman–Crippen MR) is 104 cm³/mol. The fourth-order valence-corrected chi connectivity index (χ4v) is 4.30. The van der Waals surface area contributed by atoms with Gasteiger partial charge in [-0.15, -0.1) is 24.8 Å². The summed E-state index contributed by atoms with van der Waals surface area (Å²) in [4.78, 5) is 2.58. The molecule has 2 fully saturated rings. The Kier molecular flexibility index (Phi) is 9.24. The molecule has 1 saturated carbocycles. The molecule has 0 amide bonds. The molecular weight excluding hydrogens is 399 g/mol. The zero-order valence-electron chi connectivity index (χ0n) is 13.3. The van der Waals surface area contributed by atoms with Crippen LogP contribution in [-0.2, 0) is 0 Å². The molecule has 2 aliphatic rings. The molecule has 1 heterocycles. The summed E-state index contributed by atoms with van der Waals surface area (Å²) in [7, 11) is 0. The van der Waals surface area contributed by atoms with Crippen molar-refractivity contribution in [1.82, 2.24) is 10.2 Å². The number of nitrogens with zero attached hydrogens (tertiary/aromatic N) is 1. The Bertz CT molecular complexity index is 460. The van der Waals surface area contributed by atoms with Gasteiger partial charge in [0.05, 0.1) is 0 Å². The number of hydrogen-bond donors (Lipinski definition) is 2. The molecule has 1 aromatic rings. The van der Waals surface area contributed by atoms with E-state index in [0.717, 1.165) is 36.2 Å². The first kappa shape index (κ1) is 21.0. The quantitative estimate of drug-likeness (QED) is 0.746. The van der Waals surface area contributed by atoms with Crippen LogP contribution in [0.25, 0.3) is 0 Å². The Morgan fingerprint density at radius 1 is 1.09 bits per heavy atom. The number of benzene rings is 1. The lowest BCUT2D eigenvalue weighted by Crippen LogP contribution is -2.47. The molecule has 3 nitrogen and oxygen atoms in total. The minimum absolute atomic E-state index is 0. The van der Waals surface area contributed by atoms with Crippen LogP contribution in [0.5, 0.6) is 5.75 Å². The minimum atomic E-state index is 0. The van der Waals surface area contributed by atoms with Gasteiger partial charge in [0.1, 0.15) is 5.75 Å². The predicted octanol–water partition coefficient (Wildman–Crippen LogP) is 4.52. The highest BCUT2D eigenvalue weighted by Gasteiger charge is 2.32. The first-order valence-corrected chi connectivity index (χ1v) is 8.98. The summed E-state index contributed by atoms with van der Waals surface area (Å²) in [5.74, 6) is 1.13. The van der Waals surface area contributed by atoms with E-state index in [1.807, 2.05) is 12.1 Å². The van der Waals surface area contributed by atoms with E-state index in [1.54, 1.807) is 0 Å². The number of aromatic hydroxyl groups is 1. The van der Waals surface area contributed by atoms with E-state index in [0.29, 0.717) is 17.7 Å². The average molecular weight is 426 g/mol. The normalized spacial score (nSPS) is 21.1. The standard InChI is InChI=1S/C17H25BrN2O.2ClH/c18-14-6-7-16(21)15(12-14)17(13-4-2-1-3-5-13)20-10-8-19-9-11-20;;/h6-7,12-13,17,19,21H,1-5,8-11H2;2*1H/t17-;;/m0../s1. The van der Waals surface area contributed by atoms with Crippen LogP contribution in [0.3, 0.4) is 0 Å². The maximum absolute atomic E-state index is 10.4. The van der Waals surface area contributed by atoms with Gasteiger partial charge in [-0.05, 0) is 37.0 Å². The second-order valence-electron chi connectivity index (χ2n) is 6.33. The maximum atomic E-state index is 10.4. The molecule has 3 rings (SSSR count). The van der Waals surface area contributed by atoms with Crippen LogP contribution in [-0.4, -0.2) is 36.2 Å². The van der Waals surface area contributed by atoms with Crippen LogP contribution in [0.1, 0.15) is 43.7 Å². The molecule has 0 aromatic heterocycles.